The SMILES string of the molecule is CO[C@H]([C@@H](C)/C=C(\C)C=O)[C@@H](C)OCOCc1ccccc1. The molecule has 0 aromatic heterocycles. The molecule has 22 heavy (non-hydrogen) atoms. The molecule has 0 fully saturated rings. The molecule has 3 atom stereocenters. The van der Waals surface area contributed by atoms with Crippen LogP contribution in [0.25, 0.3) is 0 Å². The Morgan fingerprint density at radius 3 is 2.50 bits per heavy atom. The average Bonchev–Trinajstić information content (AvgIpc) is 2.53. The summed E-state index contributed by atoms with van der Waals surface area (Å²) in [6.07, 6.45) is 2.48. The average molecular weight is 306 g/mol. The summed E-state index contributed by atoms with van der Waals surface area (Å²) in [4.78, 5) is 10.7. The van der Waals surface area contributed by atoms with Gasteiger partial charge >= 0.3 is 0 Å². The zero-order valence-corrected chi connectivity index (χ0v) is 13.8. The molecule has 0 aliphatic carbocycles. The fourth-order valence-corrected chi connectivity index (χ4v) is 2.37. The molecule has 0 amide bonds. The van der Waals surface area contributed by atoms with Crippen LogP contribution in [0.1, 0.15) is 26.3 Å². The predicted octanol–water partition coefficient (Wildman–Crippen LogP) is 3.36. The van der Waals surface area contributed by atoms with Gasteiger partial charge in [0.05, 0.1) is 18.8 Å². The van der Waals surface area contributed by atoms with Crippen molar-refractivity contribution in [2.45, 2.75) is 39.6 Å². The number of carbonyl (C=O) groups is 1. The molecule has 122 valence electrons. The van der Waals surface area contributed by atoms with Crippen LogP contribution < -0.4 is 0 Å². The van der Waals surface area contributed by atoms with E-state index in [2.05, 4.69) is 0 Å². The molecule has 0 unspecified atom stereocenters. The molecule has 0 N–H and O–H groups in total. The molecule has 1 rings (SSSR count). The lowest BCUT2D eigenvalue weighted by atomic mass is 9.98. The van der Waals surface area contributed by atoms with Crippen LogP contribution in [0.3, 0.4) is 0 Å². The number of carbonyl (C=O) groups excluding carboxylic acids is 1. The van der Waals surface area contributed by atoms with Crippen molar-refractivity contribution >= 4 is 6.29 Å². The van der Waals surface area contributed by atoms with Crippen LogP contribution in [-0.2, 0) is 25.6 Å². The van der Waals surface area contributed by atoms with Crippen molar-refractivity contribution in [3.05, 3.63) is 47.5 Å². The van der Waals surface area contributed by atoms with E-state index in [1.54, 1.807) is 14.0 Å². The van der Waals surface area contributed by atoms with Gasteiger partial charge < -0.3 is 14.2 Å². The summed E-state index contributed by atoms with van der Waals surface area (Å²) < 4.78 is 16.7. The highest BCUT2D eigenvalue weighted by atomic mass is 16.7. The summed E-state index contributed by atoms with van der Waals surface area (Å²) in [6, 6.07) is 9.95. The summed E-state index contributed by atoms with van der Waals surface area (Å²) in [5.41, 5.74) is 1.81. The van der Waals surface area contributed by atoms with Gasteiger partial charge in [-0.15, -0.1) is 0 Å². The van der Waals surface area contributed by atoms with Crippen molar-refractivity contribution in [1.29, 1.82) is 0 Å². The van der Waals surface area contributed by atoms with E-state index in [-0.39, 0.29) is 24.9 Å². The molecular weight excluding hydrogens is 280 g/mol. The second-order valence-electron chi connectivity index (χ2n) is 5.41. The van der Waals surface area contributed by atoms with E-state index in [1.165, 1.54) is 0 Å². The molecular formula is C18H26O4. The van der Waals surface area contributed by atoms with Gasteiger partial charge in [-0.2, -0.15) is 0 Å². The van der Waals surface area contributed by atoms with E-state index >= 15 is 0 Å². The Morgan fingerprint density at radius 2 is 1.91 bits per heavy atom. The number of ether oxygens (including phenoxy) is 3. The monoisotopic (exact) mass is 306 g/mol. The minimum atomic E-state index is -0.133. The highest BCUT2D eigenvalue weighted by molar-refractivity contribution is 5.72. The summed E-state index contributed by atoms with van der Waals surface area (Å²) in [5, 5.41) is 0. The van der Waals surface area contributed by atoms with Crippen molar-refractivity contribution < 1.29 is 19.0 Å². The van der Waals surface area contributed by atoms with Crippen LogP contribution in [0.15, 0.2) is 42.0 Å². The first-order valence-electron chi connectivity index (χ1n) is 7.48. The van der Waals surface area contributed by atoms with Crippen LogP contribution in [0.4, 0.5) is 0 Å². The Morgan fingerprint density at radius 1 is 1.23 bits per heavy atom. The fraction of sp³-hybridized carbons (Fsp3) is 0.500. The maximum Gasteiger partial charge on any atom is 0.147 e. The minimum Gasteiger partial charge on any atom is -0.378 e. The summed E-state index contributed by atoms with van der Waals surface area (Å²) >= 11 is 0. The van der Waals surface area contributed by atoms with Crippen LogP contribution in [-0.4, -0.2) is 32.4 Å². The van der Waals surface area contributed by atoms with Gasteiger partial charge in [0.2, 0.25) is 0 Å². The van der Waals surface area contributed by atoms with E-state index in [0.717, 1.165) is 11.8 Å². The van der Waals surface area contributed by atoms with Crippen molar-refractivity contribution in [2.75, 3.05) is 13.9 Å². The number of benzene rings is 1. The molecule has 1 aromatic rings. The number of aldehydes is 1. The van der Waals surface area contributed by atoms with Gasteiger partial charge in [-0.25, -0.2) is 0 Å². The largest absolute Gasteiger partial charge is 0.378 e. The molecule has 4 heteroatoms. The smallest absolute Gasteiger partial charge is 0.147 e. The van der Waals surface area contributed by atoms with Gasteiger partial charge in [-0.3, -0.25) is 4.79 Å². The number of hydrogen-bond donors (Lipinski definition) is 0. The molecule has 4 nitrogen and oxygen atoms in total. The third kappa shape index (κ3) is 6.52. The molecule has 0 aliphatic heterocycles. The summed E-state index contributed by atoms with van der Waals surface area (Å²) in [7, 11) is 1.65. The van der Waals surface area contributed by atoms with Crippen LogP contribution in [0.2, 0.25) is 0 Å². The zero-order chi connectivity index (χ0) is 16.4. The van der Waals surface area contributed by atoms with Crippen molar-refractivity contribution in [3.63, 3.8) is 0 Å². The lowest BCUT2D eigenvalue weighted by molar-refractivity contribution is -0.135. The molecule has 0 spiro atoms. The van der Waals surface area contributed by atoms with Gasteiger partial charge in [-0.1, -0.05) is 43.3 Å². The quantitative estimate of drug-likeness (QED) is 0.288. The van der Waals surface area contributed by atoms with Crippen molar-refractivity contribution in [3.8, 4) is 0 Å². The molecule has 0 saturated carbocycles. The topological polar surface area (TPSA) is 44.8 Å². The van der Waals surface area contributed by atoms with E-state index in [4.69, 9.17) is 14.2 Å². The van der Waals surface area contributed by atoms with Gasteiger partial charge in [0.25, 0.3) is 0 Å². The molecule has 0 radical (unpaired) electrons. The fourth-order valence-electron chi connectivity index (χ4n) is 2.37. The first-order chi connectivity index (χ1) is 10.6. The molecule has 0 saturated heterocycles. The Kier molecular flexibility index (Phi) is 8.67. The van der Waals surface area contributed by atoms with E-state index in [9.17, 15) is 4.79 Å². The summed E-state index contributed by atoms with van der Waals surface area (Å²) in [6.45, 7) is 6.46. The first-order valence-corrected chi connectivity index (χ1v) is 7.48. The van der Waals surface area contributed by atoms with Gasteiger partial charge in [-0.05, 0) is 25.0 Å². The third-order valence-electron chi connectivity index (χ3n) is 3.49. The normalized spacial score (nSPS) is 16.1. The number of hydrogen-bond acceptors (Lipinski definition) is 4. The second-order valence-corrected chi connectivity index (χ2v) is 5.41. The van der Waals surface area contributed by atoms with Gasteiger partial charge in [0, 0.05) is 13.0 Å². The maximum absolute atomic E-state index is 10.7. The highest BCUT2D eigenvalue weighted by Crippen LogP contribution is 2.16. The van der Waals surface area contributed by atoms with Crippen molar-refractivity contribution in [1.82, 2.24) is 0 Å². The van der Waals surface area contributed by atoms with Crippen LogP contribution >= 0.6 is 0 Å². The Labute approximate surface area is 133 Å². The first kappa shape index (κ1) is 18.6. The summed E-state index contributed by atoms with van der Waals surface area (Å²) in [5.74, 6) is 0.0827. The molecule has 1 aromatic carbocycles. The molecule has 0 heterocycles. The van der Waals surface area contributed by atoms with Crippen molar-refractivity contribution in [2.24, 2.45) is 5.92 Å². The highest BCUT2D eigenvalue weighted by Gasteiger charge is 2.22. The minimum absolute atomic E-state index is 0.0827. The van der Waals surface area contributed by atoms with Crippen LogP contribution in [0.5, 0.6) is 0 Å². The molecule has 0 bridgehead atoms. The van der Waals surface area contributed by atoms with E-state index in [1.807, 2.05) is 50.3 Å². The number of allylic oxidation sites excluding steroid dienone is 1. The standard InChI is InChI=1S/C18H26O4/c1-14(11-19)10-15(2)18(20-4)16(3)22-13-21-12-17-8-6-5-7-9-17/h5-11,15-16,18H,12-13H2,1-4H3/b14-10+/t15-,16+,18+/m0/s1. The lowest BCUT2D eigenvalue weighted by Gasteiger charge is -2.26. The Balaban J connectivity index is 2.38. The maximum atomic E-state index is 10.7. The third-order valence-corrected chi connectivity index (χ3v) is 3.49. The zero-order valence-electron chi connectivity index (χ0n) is 13.8. The predicted molar refractivity (Wildman–Crippen MR) is 86.4 cm³/mol. The van der Waals surface area contributed by atoms with E-state index < -0.39 is 0 Å². The van der Waals surface area contributed by atoms with Crippen LogP contribution in [0, 0.1) is 5.92 Å². The number of methoxy groups -OCH3 is 1. The Hall–Kier alpha value is -1.49. The Bertz CT molecular complexity index is 455. The molecule has 0 aliphatic rings. The van der Waals surface area contributed by atoms with Gasteiger partial charge in [0.15, 0.2) is 0 Å². The lowest BCUT2D eigenvalue weighted by Crippen LogP contribution is -2.34. The van der Waals surface area contributed by atoms with E-state index in [0.29, 0.717) is 12.2 Å². The van der Waals surface area contributed by atoms with Gasteiger partial charge in [0.1, 0.15) is 13.1 Å². The number of rotatable bonds is 10. The second kappa shape index (κ2) is 10.3.